The van der Waals surface area contributed by atoms with Gasteiger partial charge in [0.05, 0.1) is 11.5 Å². The molecule has 10 heteroatoms. The van der Waals surface area contributed by atoms with Crippen LogP contribution in [0, 0.1) is 16.7 Å². The van der Waals surface area contributed by atoms with Crippen LogP contribution < -0.4 is 5.56 Å². The number of nitrogens with zero attached hydrogens (tertiary/aromatic N) is 5. The smallest absolute Gasteiger partial charge is 0.279 e. The van der Waals surface area contributed by atoms with Gasteiger partial charge in [-0.2, -0.15) is 0 Å². The second-order valence-corrected chi connectivity index (χ2v) is 5.91. The lowest BCUT2D eigenvalue weighted by atomic mass is 10.1. The number of phenolic OH excluding ortho intramolecular Hbond substituents is 1. The summed E-state index contributed by atoms with van der Waals surface area (Å²) in [5.41, 5.74) is -1.12. The molecule has 0 aliphatic heterocycles. The van der Waals surface area contributed by atoms with E-state index < -0.39 is 16.4 Å². The number of aromatic nitrogens is 1. The summed E-state index contributed by atoms with van der Waals surface area (Å²) >= 11 is 0. The van der Waals surface area contributed by atoms with Crippen molar-refractivity contribution in [1.82, 2.24) is 4.57 Å². The van der Waals surface area contributed by atoms with Gasteiger partial charge in [0.1, 0.15) is 17.1 Å². The Morgan fingerprint density at radius 2 is 2.00 bits per heavy atom. The molecule has 0 spiro atoms. The zero-order valence-electron chi connectivity index (χ0n) is 15.4. The third-order valence-electron chi connectivity index (χ3n) is 4.12. The maximum atomic E-state index is 12.8. The normalized spacial score (nSPS) is 10.9. The fraction of sp³-hybridized carbons (Fsp3) is 0.333. The third kappa shape index (κ3) is 3.98. The molecule has 0 atom stereocenters. The van der Waals surface area contributed by atoms with Crippen molar-refractivity contribution in [2.75, 3.05) is 0 Å². The molecular weight excluding hydrogens is 366 g/mol. The first-order chi connectivity index (χ1) is 13.3. The maximum absolute atomic E-state index is 12.8. The molecule has 1 heterocycles. The summed E-state index contributed by atoms with van der Waals surface area (Å²) < 4.78 is 1.07. The van der Waals surface area contributed by atoms with Crippen molar-refractivity contribution in [3.05, 3.63) is 55.6 Å². The van der Waals surface area contributed by atoms with E-state index in [1.807, 2.05) is 6.92 Å². The first kappa shape index (κ1) is 20.6. The molecule has 0 saturated heterocycles. The quantitative estimate of drug-likeness (QED) is 0.313. The van der Waals surface area contributed by atoms with Crippen LogP contribution in [0.15, 0.2) is 33.2 Å². The molecule has 1 aromatic heterocycles. The predicted molar refractivity (Wildman–Crippen MR) is 102 cm³/mol. The Balaban J connectivity index is 2.67. The first-order valence-corrected chi connectivity index (χ1v) is 8.60. The van der Waals surface area contributed by atoms with Crippen LogP contribution in [-0.4, -0.2) is 19.7 Å². The van der Waals surface area contributed by atoms with Crippen LogP contribution in [0.1, 0.15) is 32.3 Å². The summed E-state index contributed by atoms with van der Waals surface area (Å²) in [4.78, 5) is 26.4. The van der Waals surface area contributed by atoms with E-state index in [9.17, 15) is 25.1 Å². The van der Waals surface area contributed by atoms with E-state index in [-0.39, 0.29) is 47.0 Å². The van der Waals surface area contributed by atoms with Crippen LogP contribution in [0.25, 0.3) is 4.85 Å². The van der Waals surface area contributed by atoms with Gasteiger partial charge in [0, 0.05) is 18.7 Å². The Labute approximate surface area is 160 Å². The fourth-order valence-corrected chi connectivity index (χ4v) is 2.62. The Bertz CT molecular complexity index is 1040. The fourth-order valence-electron chi connectivity index (χ4n) is 2.62. The minimum absolute atomic E-state index is 0.0876. The molecule has 2 N–H and O–H groups in total. The Hall–Kier alpha value is -3.74. The summed E-state index contributed by atoms with van der Waals surface area (Å²) in [6.45, 7) is 11.2. The van der Waals surface area contributed by atoms with Gasteiger partial charge in [-0.3, -0.25) is 19.5 Å². The topological polar surface area (TPSA) is 135 Å². The summed E-state index contributed by atoms with van der Waals surface area (Å²) in [6.07, 6.45) is 1.62. The number of non-ortho nitro benzene ring substituents is 1. The van der Waals surface area contributed by atoms with E-state index in [0.29, 0.717) is 6.42 Å². The van der Waals surface area contributed by atoms with Crippen LogP contribution in [0.3, 0.4) is 0 Å². The van der Waals surface area contributed by atoms with Gasteiger partial charge >= 0.3 is 0 Å². The number of phenols is 1. The SMILES string of the molecule is [C-]#[N+]c1c(CC)c(N=Nc2cc([N+](=O)[O-])ccc2O)c(=O)n(CCCC)c1O. The molecule has 0 aliphatic carbocycles. The van der Waals surface area contributed by atoms with Gasteiger partial charge in [0.2, 0.25) is 0 Å². The molecule has 1 aromatic carbocycles. The second-order valence-electron chi connectivity index (χ2n) is 5.91. The van der Waals surface area contributed by atoms with Crippen LogP contribution in [0.5, 0.6) is 11.6 Å². The van der Waals surface area contributed by atoms with Crippen LogP contribution in [0.4, 0.5) is 22.7 Å². The standard InChI is InChI=1S/C18H19N5O5/c1-4-6-9-22-17(25)15(19-3)12(5-2)16(18(22)26)21-20-13-10-11(23(27)28)7-8-14(13)24/h7-8,10,24-25H,4-6,9H2,1-2H3. The number of nitro groups is 1. The average molecular weight is 385 g/mol. The summed E-state index contributed by atoms with van der Waals surface area (Å²) in [6, 6.07) is 3.24. The molecule has 10 nitrogen and oxygen atoms in total. The summed E-state index contributed by atoms with van der Waals surface area (Å²) in [5.74, 6) is -0.759. The van der Waals surface area contributed by atoms with Gasteiger partial charge in [0.25, 0.3) is 16.9 Å². The molecule has 2 rings (SSSR count). The molecule has 0 fully saturated rings. The minimum atomic E-state index is -0.648. The Morgan fingerprint density at radius 3 is 2.57 bits per heavy atom. The van der Waals surface area contributed by atoms with Gasteiger partial charge in [-0.1, -0.05) is 20.3 Å². The zero-order chi connectivity index (χ0) is 20.8. The first-order valence-electron chi connectivity index (χ1n) is 8.60. The van der Waals surface area contributed by atoms with Gasteiger partial charge in [-0.25, -0.2) is 4.85 Å². The van der Waals surface area contributed by atoms with Gasteiger partial charge in [-0.15, -0.1) is 10.2 Å². The molecule has 2 aromatic rings. The lowest BCUT2D eigenvalue weighted by molar-refractivity contribution is -0.384. The Kier molecular flexibility index (Phi) is 6.44. The molecule has 28 heavy (non-hydrogen) atoms. The number of unbranched alkanes of at least 4 members (excludes halogenated alkanes) is 1. The maximum Gasteiger partial charge on any atom is 0.279 e. The lowest BCUT2D eigenvalue weighted by Crippen LogP contribution is -2.21. The highest BCUT2D eigenvalue weighted by Gasteiger charge is 2.21. The van der Waals surface area contributed by atoms with Crippen molar-refractivity contribution in [1.29, 1.82) is 0 Å². The summed E-state index contributed by atoms with van der Waals surface area (Å²) in [5, 5.41) is 38.7. The predicted octanol–water partition coefficient (Wildman–Crippen LogP) is 4.50. The highest BCUT2D eigenvalue weighted by Crippen LogP contribution is 2.37. The highest BCUT2D eigenvalue weighted by molar-refractivity contribution is 5.68. The number of hydrogen-bond donors (Lipinski definition) is 2. The van der Waals surface area contributed by atoms with E-state index in [1.165, 1.54) is 0 Å². The van der Waals surface area contributed by atoms with Crippen molar-refractivity contribution in [3.8, 4) is 11.6 Å². The number of hydrogen-bond acceptors (Lipinski definition) is 7. The highest BCUT2D eigenvalue weighted by atomic mass is 16.6. The van der Waals surface area contributed by atoms with E-state index >= 15 is 0 Å². The van der Waals surface area contributed by atoms with E-state index in [0.717, 1.165) is 29.2 Å². The van der Waals surface area contributed by atoms with Crippen LogP contribution in [0.2, 0.25) is 0 Å². The van der Waals surface area contributed by atoms with Gasteiger partial charge in [-0.05, 0) is 24.5 Å². The van der Waals surface area contributed by atoms with Crippen molar-refractivity contribution in [3.63, 3.8) is 0 Å². The number of nitro benzene ring substituents is 1. The second kappa shape index (κ2) is 8.77. The van der Waals surface area contributed by atoms with Crippen LogP contribution >= 0.6 is 0 Å². The number of rotatable bonds is 7. The molecule has 0 saturated carbocycles. The molecule has 0 amide bonds. The molecule has 146 valence electrons. The van der Waals surface area contributed by atoms with Crippen molar-refractivity contribution >= 4 is 22.7 Å². The van der Waals surface area contributed by atoms with E-state index in [1.54, 1.807) is 6.92 Å². The monoisotopic (exact) mass is 385 g/mol. The van der Waals surface area contributed by atoms with E-state index in [4.69, 9.17) is 6.57 Å². The van der Waals surface area contributed by atoms with Gasteiger partial charge < -0.3 is 10.2 Å². The van der Waals surface area contributed by atoms with Crippen LogP contribution in [-0.2, 0) is 13.0 Å². The molecule has 0 unspecified atom stereocenters. The average Bonchev–Trinajstić information content (AvgIpc) is 2.67. The van der Waals surface area contributed by atoms with E-state index in [2.05, 4.69) is 15.1 Å². The molecular formula is C18H19N5O5. The Morgan fingerprint density at radius 1 is 1.29 bits per heavy atom. The number of aromatic hydroxyl groups is 2. The molecule has 0 radical (unpaired) electrons. The van der Waals surface area contributed by atoms with Gasteiger partial charge in [0.15, 0.2) is 5.88 Å². The number of azo groups is 1. The largest absolute Gasteiger partial charge is 0.506 e. The molecule has 0 aliphatic rings. The number of benzene rings is 1. The minimum Gasteiger partial charge on any atom is -0.506 e. The number of pyridine rings is 1. The zero-order valence-corrected chi connectivity index (χ0v) is 15.4. The summed E-state index contributed by atoms with van der Waals surface area (Å²) in [7, 11) is 0. The van der Waals surface area contributed by atoms with Crippen molar-refractivity contribution in [2.45, 2.75) is 39.7 Å². The van der Waals surface area contributed by atoms with Crippen molar-refractivity contribution in [2.24, 2.45) is 10.2 Å². The third-order valence-corrected chi connectivity index (χ3v) is 4.12. The van der Waals surface area contributed by atoms with Crippen molar-refractivity contribution < 1.29 is 15.1 Å². The lowest BCUT2D eigenvalue weighted by Gasteiger charge is -2.14. The molecule has 0 bridgehead atoms.